The van der Waals surface area contributed by atoms with Crippen molar-refractivity contribution in [2.75, 3.05) is 11.9 Å². The number of anilines is 1. The van der Waals surface area contributed by atoms with Gasteiger partial charge < -0.3 is 10.6 Å². The highest BCUT2D eigenvalue weighted by Gasteiger charge is 1.98. The Morgan fingerprint density at radius 1 is 0.905 bits per heavy atom. The fourth-order valence-electron chi connectivity index (χ4n) is 2.26. The Balaban J connectivity index is 2.23. The van der Waals surface area contributed by atoms with Crippen molar-refractivity contribution >= 4 is 23.0 Å². The standard InChI is InChI=1S/C18H30N2S/c1-3-5-7-9-15-19-18(21)20-17-13-11-16(12-14-17)10-8-6-4-2/h11-14H,3-10,15H2,1-2H3,(H2,19,20,21). The van der Waals surface area contributed by atoms with E-state index < -0.39 is 0 Å². The molecule has 0 aromatic heterocycles. The second kappa shape index (κ2) is 11.6. The van der Waals surface area contributed by atoms with Crippen LogP contribution >= 0.6 is 12.2 Å². The smallest absolute Gasteiger partial charge is 0.170 e. The zero-order valence-electron chi connectivity index (χ0n) is 13.6. The maximum Gasteiger partial charge on any atom is 0.170 e. The molecule has 0 atom stereocenters. The summed E-state index contributed by atoms with van der Waals surface area (Å²) >= 11 is 5.31. The van der Waals surface area contributed by atoms with Crippen LogP contribution in [0.15, 0.2) is 24.3 Å². The first kappa shape index (κ1) is 18.0. The zero-order valence-corrected chi connectivity index (χ0v) is 14.4. The summed E-state index contributed by atoms with van der Waals surface area (Å²) in [5.41, 5.74) is 2.48. The monoisotopic (exact) mass is 306 g/mol. The van der Waals surface area contributed by atoms with Gasteiger partial charge in [0.15, 0.2) is 5.11 Å². The molecule has 0 fully saturated rings. The van der Waals surface area contributed by atoms with Crippen LogP contribution in [0.5, 0.6) is 0 Å². The fourth-order valence-corrected chi connectivity index (χ4v) is 2.48. The summed E-state index contributed by atoms with van der Waals surface area (Å²) in [5.74, 6) is 0. The van der Waals surface area contributed by atoms with Crippen molar-refractivity contribution in [1.29, 1.82) is 0 Å². The lowest BCUT2D eigenvalue weighted by Gasteiger charge is -2.11. The lowest BCUT2D eigenvalue weighted by Crippen LogP contribution is -2.29. The second-order valence-corrected chi connectivity index (χ2v) is 6.00. The number of hydrogen-bond donors (Lipinski definition) is 2. The number of thiocarbonyl (C=S) groups is 1. The van der Waals surface area contributed by atoms with Crippen LogP contribution in [-0.4, -0.2) is 11.7 Å². The third kappa shape index (κ3) is 8.71. The van der Waals surface area contributed by atoms with Gasteiger partial charge in [-0.05, 0) is 49.2 Å². The van der Waals surface area contributed by atoms with Gasteiger partial charge in [0, 0.05) is 12.2 Å². The molecule has 3 heteroatoms. The molecule has 0 saturated heterocycles. The lowest BCUT2D eigenvalue weighted by atomic mass is 10.1. The molecular weight excluding hydrogens is 276 g/mol. The van der Waals surface area contributed by atoms with Gasteiger partial charge in [-0.1, -0.05) is 58.1 Å². The summed E-state index contributed by atoms with van der Waals surface area (Å²) in [4.78, 5) is 0. The number of aryl methyl sites for hydroxylation is 1. The number of nitrogens with one attached hydrogen (secondary N) is 2. The summed E-state index contributed by atoms with van der Waals surface area (Å²) in [7, 11) is 0. The first-order valence-corrected chi connectivity index (χ1v) is 8.81. The van der Waals surface area contributed by atoms with E-state index in [1.165, 1.54) is 56.9 Å². The number of rotatable bonds is 10. The lowest BCUT2D eigenvalue weighted by molar-refractivity contribution is 0.655. The van der Waals surface area contributed by atoms with Crippen molar-refractivity contribution in [3.05, 3.63) is 29.8 Å². The highest BCUT2D eigenvalue weighted by molar-refractivity contribution is 7.80. The molecule has 0 bridgehead atoms. The molecule has 0 aliphatic heterocycles. The van der Waals surface area contributed by atoms with Crippen LogP contribution in [0.3, 0.4) is 0 Å². The SMILES string of the molecule is CCCCCCNC(=S)Nc1ccc(CCCCC)cc1. The molecular formula is C18H30N2S. The van der Waals surface area contributed by atoms with Crippen molar-refractivity contribution in [2.45, 2.75) is 65.2 Å². The topological polar surface area (TPSA) is 24.1 Å². The molecule has 21 heavy (non-hydrogen) atoms. The van der Waals surface area contributed by atoms with Crippen LogP contribution < -0.4 is 10.6 Å². The average Bonchev–Trinajstić information content (AvgIpc) is 2.49. The average molecular weight is 307 g/mol. The largest absolute Gasteiger partial charge is 0.362 e. The molecule has 2 nitrogen and oxygen atoms in total. The van der Waals surface area contributed by atoms with Crippen molar-refractivity contribution < 1.29 is 0 Å². The van der Waals surface area contributed by atoms with E-state index in [0.717, 1.165) is 17.3 Å². The van der Waals surface area contributed by atoms with E-state index >= 15 is 0 Å². The molecule has 2 N–H and O–H groups in total. The van der Waals surface area contributed by atoms with E-state index in [-0.39, 0.29) is 0 Å². The van der Waals surface area contributed by atoms with Crippen LogP contribution in [-0.2, 0) is 6.42 Å². The van der Waals surface area contributed by atoms with Crippen molar-refractivity contribution in [1.82, 2.24) is 5.32 Å². The Labute approximate surface area is 135 Å². The molecule has 0 aliphatic rings. The van der Waals surface area contributed by atoms with Gasteiger partial charge in [0.25, 0.3) is 0 Å². The van der Waals surface area contributed by atoms with Gasteiger partial charge in [0.1, 0.15) is 0 Å². The van der Waals surface area contributed by atoms with Crippen molar-refractivity contribution in [2.24, 2.45) is 0 Å². The summed E-state index contributed by atoms with van der Waals surface area (Å²) in [6, 6.07) is 8.63. The Bertz CT molecular complexity index is 387. The number of hydrogen-bond acceptors (Lipinski definition) is 1. The summed E-state index contributed by atoms with van der Waals surface area (Å²) in [5, 5.41) is 7.24. The number of benzene rings is 1. The Morgan fingerprint density at radius 3 is 2.24 bits per heavy atom. The van der Waals surface area contributed by atoms with Gasteiger partial charge in [-0.15, -0.1) is 0 Å². The maximum atomic E-state index is 5.31. The zero-order chi connectivity index (χ0) is 15.3. The Morgan fingerprint density at radius 2 is 1.57 bits per heavy atom. The van der Waals surface area contributed by atoms with Gasteiger partial charge in [0.05, 0.1) is 0 Å². The molecule has 0 aliphatic carbocycles. The minimum absolute atomic E-state index is 0.727. The maximum absolute atomic E-state index is 5.31. The van der Waals surface area contributed by atoms with Crippen LogP contribution in [0.2, 0.25) is 0 Å². The molecule has 1 aromatic rings. The highest BCUT2D eigenvalue weighted by atomic mass is 32.1. The van der Waals surface area contributed by atoms with E-state index in [2.05, 4.69) is 48.7 Å². The third-order valence-corrected chi connectivity index (χ3v) is 3.84. The van der Waals surface area contributed by atoms with Crippen LogP contribution in [0.4, 0.5) is 5.69 Å². The van der Waals surface area contributed by atoms with Crippen LogP contribution in [0, 0.1) is 0 Å². The van der Waals surface area contributed by atoms with E-state index in [0.29, 0.717) is 0 Å². The highest BCUT2D eigenvalue weighted by Crippen LogP contribution is 2.12. The van der Waals surface area contributed by atoms with Gasteiger partial charge in [-0.25, -0.2) is 0 Å². The summed E-state index contributed by atoms with van der Waals surface area (Å²) in [6.07, 6.45) is 10.1. The first-order valence-electron chi connectivity index (χ1n) is 8.40. The van der Waals surface area contributed by atoms with Crippen LogP contribution in [0.1, 0.15) is 64.4 Å². The Kier molecular flexibility index (Phi) is 9.88. The van der Waals surface area contributed by atoms with E-state index in [9.17, 15) is 0 Å². The molecule has 1 aromatic carbocycles. The fraction of sp³-hybridized carbons (Fsp3) is 0.611. The Hall–Kier alpha value is -1.09. The predicted octanol–water partition coefficient (Wildman–Crippen LogP) is 5.29. The minimum atomic E-state index is 0.727. The third-order valence-electron chi connectivity index (χ3n) is 3.60. The number of unbranched alkanes of at least 4 members (excludes halogenated alkanes) is 5. The normalized spacial score (nSPS) is 10.4. The van der Waals surface area contributed by atoms with Gasteiger partial charge in [0.2, 0.25) is 0 Å². The predicted molar refractivity (Wildman–Crippen MR) is 98.0 cm³/mol. The first-order chi connectivity index (χ1) is 10.3. The summed E-state index contributed by atoms with van der Waals surface area (Å²) < 4.78 is 0. The molecule has 0 unspecified atom stereocenters. The quantitative estimate of drug-likeness (QED) is 0.454. The molecule has 0 saturated carbocycles. The summed E-state index contributed by atoms with van der Waals surface area (Å²) in [6.45, 7) is 5.43. The molecule has 0 spiro atoms. The van der Waals surface area contributed by atoms with E-state index in [1.807, 2.05) is 0 Å². The molecule has 1 rings (SSSR count). The minimum Gasteiger partial charge on any atom is -0.362 e. The second-order valence-electron chi connectivity index (χ2n) is 5.60. The van der Waals surface area contributed by atoms with Gasteiger partial charge in [-0.3, -0.25) is 0 Å². The van der Waals surface area contributed by atoms with E-state index in [4.69, 9.17) is 12.2 Å². The van der Waals surface area contributed by atoms with Gasteiger partial charge >= 0.3 is 0 Å². The molecule has 118 valence electrons. The van der Waals surface area contributed by atoms with Crippen molar-refractivity contribution in [3.63, 3.8) is 0 Å². The molecule has 0 heterocycles. The van der Waals surface area contributed by atoms with E-state index in [1.54, 1.807) is 0 Å². The molecule has 0 amide bonds. The van der Waals surface area contributed by atoms with Gasteiger partial charge in [-0.2, -0.15) is 0 Å². The molecule has 0 radical (unpaired) electrons. The van der Waals surface area contributed by atoms with Crippen LogP contribution in [0.25, 0.3) is 0 Å². The van der Waals surface area contributed by atoms with Crippen molar-refractivity contribution in [3.8, 4) is 0 Å².